The summed E-state index contributed by atoms with van der Waals surface area (Å²) in [7, 11) is 2.19. The lowest BCUT2D eigenvalue weighted by atomic mass is 10.1. The zero-order valence-electron chi connectivity index (χ0n) is 10.5. The van der Waals surface area contributed by atoms with Crippen molar-refractivity contribution in [3.63, 3.8) is 0 Å². The minimum atomic E-state index is 0.616. The van der Waals surface area contributed by atoms with Crippen LogP contribution in [0.4, 0.5) is 5.69 Å². The average molecular weight is 298 g/mol. The number of rotatable bonds is 2. The van der Waals surface area contributed by atoms with Gasteiger partial charge in [-0.05, 0) is 47.6 Å². The number of likely N-dealkylation sites (N-methyl/N-ethyl adjacent to an activating group) is 1. The van der Waals surface area contributed by atoms with Gasteiger partial charge in [-0.15, -0.1) is 0 Å². The second-order valence-electron chi connectivity index (χ2n) is 4.94. The van der Waals surface area contributed by atoms with Crippen molar-refractivity contribution in [2.75, 3.05) is 32.4 Å². The van der Waals surface area contributed by atoms with Crippen LogP contribution in [-0.4, -0.2) is 42.5 Å². The van der Waals surface area contributed by atoms with Gasteiger partial charge >= 0.3 is 0 Å². The maximum absolute atomic E-state index is 5.80. The molecule has 1 aliphatic rings. The minimum absolute atomic E-state index is 0.616. The summed E-state index contributed by atoms with van der Waals surface area (Å²) in [5.41, 5.74) is 7.93. The van der Waals surface area contributed by atoms with E-state index in [1.165, 1.54) is 5.56 Å². The second kappa shape index (κ2) is 5.38. The topological polar surface area (TPSA) is 32.5 Å². The van der Waals surface area contributed by atoms with Crippen LogP contribution >= 0.6 is 15.9 Å². The molecule has 2 rings (SSSR count). The monoisotopic (exact) mass is 297 g/mol. The van der Waals surface area contributed by atoms with Gasteiger partial charge in [0.25, 0.3) is 0 Å². The number of benzene rings is 1. The van der Waals surface area contributed by atoms with E-state index >= 15 is 0 Å². The number of nitrogens with zero attached hydrogens (tertiary/aromatic N) is 2. The van der Waals surface area contributed by atoms with Gasteiger partial charge in [0.1, 0.15) is 0 Å². The molecule has 1 unspecified atom stereocenters. The van der Waals surface area contributed by atoms with Crippen molar-refractivity contribution in [1.82, 2.24) is 9.80 Å². The quantitative estimate of drug-likeness (QED) is 0.849. The van der Waals surface area contributed by atoms with E-state index in [0.717, 1.165) is 36.3 Å². The van der Waals surface area contributed by atoms with Crippen LogP contribution in [0.15, 0.2) is 22.7 Å². The molecule has 0 saturated carbocycles. The SMILES string of the molecule is CC1CN(C)CCN1Cc1ccc(N)c(Br)c1. The summed E-state index contributed by atoms with van der Waals surface area (Å²) in [6.45, 7) is 6.74. The number of anilines is 1. The fourth-order valence-electron chi connectivity index (χ4n) is 2.32. The lowest BCUT2D eigenvalue weighted by molar-refractivity contribution is 0.0938. The molecule has 1 heterocycles. The van der Waals surface area contributed by atoms with Crippen LogP contribution in [-0.2, 0) is 6.54 Å². The number of nitrogens with two attached hydrogens (primary N) is 1. The van der Waals surface area contributed by atoms with Gasteiger partial charge in [0.2, 0.25) is 0 Å². The molecule has 0 aliphatic carbocycles. The van der Waals surface area contributed by atoms with Crippen LogP contribution in [0.3, 0.4) is 0 Å². The van der Waals surface area contributed by atoms with Gasteiger partial charge in [-0.3, -0.25) is 4.90 Å². The van der Waals surface area contributed by atoms with Crippen molar-refractivity contribution in [1.29, 1.82) is 0 Å². The Morgan fingerprint density at radius 2 is 2.18 bits per heavy atom. The predicted octanol–water partition coefficient (Wildman–Crippen LogP) is 2.17. The predicted molar refractivity (Wildman–Crippen MR) is 75.9 cm³/mol. The first kappa shape index (κ1) is 12.9. The number of halogens is 1. The molecule has 2 N–H and O–H groups in total. The van der Waals surface area contributed by atoms with Crippen LogP contribution in [0.2, 0.25) is 0 Å². The molecule has 0 bridgehead atoms. The first-order valence-electron chi connectivity index (χ1n) is 6.03. The molecule has 94 valence electrons. The third-order valence-electron chi connectivity index (χ3n) is 3.42. The van der Waals surface area contributed by atoms with Gasteiger partial charge in [-0.2, -0.15) is 0 Å². The molecule has 1 atom stereocenters. The van der Waals surface area contributed by atoms with Crippen molar-refractivity contribution < 1.29 is 0 Å². The Balaban J connectivity index is 2.02. The smallest absolute Gasteiger partial charge is 0.0458 e. The zero-order chi connectivity index (χ0) is 12.4. The summed E-state index contributed by atoms with van der Waals surface area (Å²) >= 11 is 3.48. The largest absolute Gasteiger partial charge is 0.398 e. The van der Waals surface area contributed by atoms with E-state index in [9.17, 15) is 0 Å². The Morgan fingerprint density at radius 1 is 1.41 bits per heavy atom. The van der Waals surface area contributed by atoms with Crippen LogP contribution in [0.5, 0.6) is 0 Å². The fourth-order valence-corrected chi connectivity index (χ4v) is 2.74. The molecule has 3 nitrogen and oxygen atoms in total. The highest BCUT2D eigenvalue weighted by atomic mass is 79.9. The normalized spacial score (nSPS) is 22.9. The summed E-state index contributed by atoms with van der Waals surface area (Å²) in [6, 6.07) is 6.83. The molecule has 1 aromatic carbocycles. The van der Waals surface area contributed by atoms with Crippen LogP contribution < -0.4 is 5.73 Å². The molecule has 0 spiro atoms. The molecule has 1 saturated heterocycles. The van der Waals surface area contributed by atoms with E-state index in [4.69, 9.17) is 5.73 Å². The molecule has 1 aromatic rings. The molecular weight excluding hydrogens is 278 g/mol. The fraction of sp³-hybridized carbons (Fsp3) is 0.538. The van der Waals surface area contributed by atoms with Gasteiger partial charge in [-0.1, -0.05) is 6.07 Å². The molecule has 0 amide bonds. The number of hydrogen-bond acceptors (Lipinski definition) is 3. The first-order chi connectivity index (χ1) is 8.06. The highest BCUT2D eigenvalue weighted by Crippen LogP contribution is 2.22. The third kappa shape index (κ3) is 3.21. The second-order valence-corrected chi connectivity index (χ2v) is 5.79. The molecule has 17 heavy (non-hydrogen) atoms. The van der Waals surface area contributed by atoms with E-state index in [0.29, 0.717) is 6.04 Å². The van der Waals surface area contributed by atoms with Gasteiger partial charge in [0.15, 0.2) is 0 Å². The Hall–Kier alpha value is -0.580. The molecule has 1 aliphatic heterocycles. The van der Waals surface area contributed by atoms with E-state index in [1.54, 1.807) is 0 Å². The van der Waals surface area contributed by atoms with E-state index < -0.39 is 0 Å². The van der Waals surface area contributed by atoms with Gasteiger partial charge in [0, 0.05) is 42.4 Å². The summed E-state index contributed by atoms with van der Waals surface area (Å²) < 4.78 is 0.997. The highest BCUT2D eigenvalue weighted by Gasteiger charge is 2.21. The van der Waals surface area contributed by atoms with E-state index in [1.807, 2.05) is 6.07 Å². The molecule has 0 radical (unpaired) electrons. The molecule has 1 fully saturated rings. The number of hydrogen-bond donors (Lipinski definition) is 1. The Labute approximate surface area is 112 Å². The van der Waals surface area contributed by atoms with Crippen LogP contribution in [0.25, 0.3) is 0 Å². The van der Waals surface area contributed by atoms with E-state index in [-0.39, 0.29) is 0 Å². The van der Waals surface area contributed by atoms with Gasteiger partial charge in [0.05, 0.1) is 0 Å². The maximum atomic E-state index is 5.80. The standard InChI is InChI=1S/C13H20BrN3/c1-10-8-16(2)5-6-17(10)9-11-3-4-13(15)12(14)7-11/h3-4,7,10H,5-6,8-9,15H2,1-2H3. The Morgan fingerprint density at radius 3 is 2.82 bits per heavy atom. The van der Waals surface area contributed by atoms with Gasteiger partial charge < -0.3 is 10.6 Å². The minimum Gasteiger partial charge on any atom is -0.398 e. The van der Waals surface area contributed by atoms with Crippen molar-refractivity contribution in [3.8, 4) is 0 Å². The van der Waals surface area contributed by atoms with Crippen molar-refractivity contribution >= 4 is 21.6 Å². The first-order valence-corrected chi connectivity index (χ1v) is 6.82. The zero-order valence-corrected chi connectivity index (χ0v) is 12.1. The summed E-state index contributed by atoms with van der Waals surface area (Å²) in [5, 5.41) is 0. The molecule has 4 heteroatoms. The molecule has 0 aromatic heterocycles. The summed E-state index contributed by atoms with van der Waals surface area (Å²) in [5.74, 6) is 0. The maximum Gasteiger partial charge on any atom is 0.0458 e. The van der Waals surface area contributed by atoms with Crippen molar-refractivity contribution in [2.45, 2.75) is 19.5 Å². The Bertz CT molecular complexity index is 394. The number of nitrogen functional groups attached to an aromatic ring is 1. The Kier molecular flexibility index (Phi) is 4.07. The third-order valence-corrected chi connectivity index (χ3v) is 4.11. The van der Waals surface area contributed by atoms with E-state index in [2.05, 4.69) is 51.8 Å². The number of piperazine rings is 1. The van der Waals surface area contributed by atoms with Gasteiger partial charge in [-0.25, -0.2) is 0 Å². The van der Waals surface area contributed by atoms with Crippen LogP contribution in [0, 0.1) is 0 Å². The highest BCUT2D eigenvalue weighted by molar-refractivity contribution is 9.10. The summed E-state index contributed by atoms with van der Waals surface area (Å²) in [4.78, 5) is 4.91. The lowest BCUT2D eigenvalue weighted by Crippen LogP contribution is -2.49. The lowest BCUT2D eigenvalue weighted by Gasteiger charge is -2.38. The van der Waals surface area contributed by atoms with Crippen molar-refractivity contribution in [2.24, 2.45) is 0 Å². The van der Waals surface area contributed by atoms with Crippen molar-refractivity contribution in [3.05, 3.63) is 28.2 Å². The molecular formula is C13H20BrN3. The van der Waals surface area contributed by atoms with Crippen LogP contribution in [0.1, 0.15) is 12.5 Å². The summed E-state index contributed by atoms with van der Waals surface area (Å²) in [6.07, 6.45) is 0. The average Bonchev–Trinajstić information content (AvgIpc) is 2.27.